The van der Waals surface area contributed by atoms with E-state index in [4.69, 9.17) is 18.0 Å². The summed E-state index contributed by atoms with van der Waals surface area (Å²) < 4.78 is 60.0. The van der Waals surface area contributed by atoms with E-state index in [-0.39, 0.29) is 4.99 Å². The van der Waals surface area contributed by atoms with E-state index in [9.17, 15) is 21.6 Å². The van der Waals surface area contributed by atoms with E-state index in [1.165, 1.54) is 29.0 Å². The second-order valence-corrected chi connectivity index (χ2v) is 6.00. The smallest absolute Gasteiger partial charge is 0.389 e. The molecule has 9 heteroatoms. The second-order valence-electron chi connectivity index (χ2n) is 3.76. The molecule has 4 nitrogen and oxygen atoms in total. The summed E-state index contributed by atoms with van der Waals surface area (Å²) in [6, 6.07) is 5.91. The molecule has 0 saturated carbocycles. The van der Waals surface area contributed by atoms with E-state index in [0.29, 0.717) is 11.1 Å². The van der Waals surface area contributed by atoms with Gasteiger partial charge in [0.1, 0.15) is 11.5 Å². The van der Waals surface area contributed by atoms with Gasteiger partial charge in [0.2, 0.25) is 10.0 Å². The Labute approximate surface area is 113 Å². The highest BCUT2D eigenvalue weighted by molar-refractivity contribution is 7.88. The fourth-order valence-electron chi connectivity index (χ4n) is 1.23. The minimum Gasteiger partial charge on any atom is -0.389 e. The zero-order valence-electron chi connectivity index (χ0n) is 9.57. The summed E-state index contributed by atoms with van der Waals surface area (Å²) in [7, 11) is -4.04. The average molecular weight is 312 g/mol. The van der Waals surface area contributed by atoms with E-state index in [2.05, 4.69) is 0 Å². The Morgan fingerprint density at radius 3 is 2.21 bits per heavy atom. The fourth-order valence-corrected chi connectivity index (χ4v) is 2.48. The van der Waals surface area contributed by atoms with Gasteiger partial charge in [-0.05, 0) is 5.56 Å². The highest BCUT2D eigenvalue weighted by Crippen LogP contribution is 2.14. The lowest BCUT2D eigenvalue weighted by atomic mass is 10.1. The number of hydrogen-bond acceptors (Lipinski definition) is 3. The summed E-state index contributed by atoms with van der Waals surface area (Å²) in [6.07, 6.45) is -4.58. The lowest BCUT2D eigenvalue weighted by Gasteiger charge is -2.09. The molecule has 3 N–H and O–H groups in total. The Kier molecular flexibility index (Phi) is 4.88. The minimum atomic E-state index is -4.58. The van der Waals surface area contributed by atoms with Crippen LogP contribution in [0.4, 0.5) is 13.2 Å². The van der Waals surface area contributed by atoms with E-state index in [0.717, 1.165) is 0 Å². The third-order valence-corrected chi connectivity index (χ3v) is 3.62. The largest absolute Gasteiger partial charge is 0.402 e. The van der Waals surface area contributed by atoms with E-state index in [1.54, 1.807) is 0 Å². The van der Waals surface area contributed by atoms with Crippen LogP contribution >= 0.6 is 12.2 Å². The van der Waals surface area contributed by atoms with Crippen molar-refractivity contribution in [2.45, 2.75) is 11.9 Å². The molecule has 1 rings (SSSR count). The van der Waals surface area contributed by atoms with Crippen molar-refractivity contribution in [1.29, 1.82) is 0 Å². The van der Waals surface area contributed by atoms with Crippen LogP contribution in [0.2, 0.25) is 0 Å². The number of alkyl halides is 3. The van der Waals surface area contributed by atoms with E-state index in [1.807, 2.05) is 0 Å². The van der Waals surface area contributed by atoms with Crippen molar-refractivity contribution < 1.29 is 21.6 Å². The first-order valence-electron chi connectivity index (χ1n) is 5.02. The lowest BCUT2D eigenvalue weighted by molar-refractivity contribution is -0.121. The van der Waals surface area contributed by atoms with Gasteiger partial charge in [-0.25, -0.2) is 13.1 Å². The molecule has 0 radical (unpaired) electrons. The molecule has 0 heterocycles. The molecule has 19 heavy (non-hydrogen) atoms. The van der Waals surface area contributed by atoms with Crippen LogP contribution in [0.15, 0.2) is 24.3 Å². The van der Waals surface area contributed by atoms with E-state index >= 15 is 0 Å². The van der Waals surface area contributed by atoms with Crippen LogP contribution in [-0.2, 0) is 15.8 Å². The highest BCUT2D eigenvalue weighted by atomic mass is 32.2. The van der Waals surface area contributed by atoms with Crippen LogP contribution in [0.1, 0.15) is 11.1 Å². The van der Waals surface area contributed by atoms with Crippen LogP contribution in [0.5, 0.6) is 0 Å². The van der Waals surface area contributed by atoms with Crippen molar-refractivity contribution in [3.63, 3.8) is 0 Å². The molecule has 0 bridgehead atoms. The van der Waals surface area contributed by atoms with Crippen molar-refractivity contribution >= 4 is 27.2 Å². The van der Waals surface area contributed by atoms with Gasteiger partial charge in [0.15, 0.2) is 0 Å². The maximum Gasteiger partial charge on any atom is 0.402 e. The Morgan fingerprint density at radius 2 is 1.79 bits per heavy atom. The van der Waals surface area contributed by atoms with Crippen molar-refractivity contribution in [2.75, 3.05) is 6.54 Å². The maximum absolute atomic E-state index is 11.9. The van der Waals surface area contributed by atoms with Crippen LogP contribution in [0.25, 0.3) is 0 Å². The number of nitrogens with two attached hydrogens (primary N) is 1. The number of benzene rings is 1. The molecule has 0 spiro atoms. The quantitative estimate of drug-likeness (QED) is 0.804. The summed E-state index contributed by atoms with van der Waals surface area (Å²) in [5, 5.41) is 0. The zero-order valence-corrected chi connectivity index (χ0v) is 11.2. The lowest BCUT2D eigenvalue weighted by Crippen LogP contribution is -2.34. The fraction of sp³-hybridized carbons (Fsp3) is 0.300. The molecule has 0 fully saturated rings. The molecule has 0 unspecified atom stereocenters. The number of hydrogen-bond donors (Lipinski definition) is 2. The number of halogens is 3. The Hall–Kier alpha value is -1.19. The van der Waals surface area contributed by atoms with Gasteiger partial charge >= 0.3 is 6.18 Å². The standard InChI is InChI=1S/C10H11F3N2O2S2/c11-10(12,13)6-15-19(16,17)5-7-1-3-8(4-2-7)9(14)18/h1-4,15H,5-6H2,(H2,14,18). The minimum absolute atomic E-state index is 0.157. The number of thiocarbonyl (C=S) groups is 1. The number of nitrogens with one attached hydrogen (secondary N) is 1. The van der Waals surface area contributed by atoms with Crippen molar-refractivity contribution in [3.8, 4) is 0 Å². The molecule has 1 aromatic rings. The first-order chi connectivity index (χ1) is 8.59. The van der Waals surface area contributed by atoms with Crippen molar-refractivity contribution in [1.82, 2.24) is 4.72 Å². The number of sulfonamides is 1. The van der Waals surface area contributed by atoms with Gasteiger partial charge in [-0.1, -0.05) is 36.5 Å². The van der Waals surface area contributed by atoms with Crippen LogP contribution in [-0.4, -0.2) is 26.1 Å². The summed E-state index contributed by atoms with van der Waals surface area (Å²) in [6.45, 7) is -1.58. The molecular weight excluding hydrogens is 301 g/mol. The van der Waals surface area contributed by atoms with Gasteiger partial charge in [0, 0.05) is 5.56 Å². The first-order valence-corrected chi connectivity index (χ1v) is 7.08. The van der Waals surface area contributed by atoms with E-state index < -0.39 is 28.5 Å². The Morgan fingerprint density at radius 1 is 1.26 bits per heavy atom. The zero-order chi connectivity index (χ0) is 14.7. The van der Waals surface area contributed by atoms with Gasteiger partial charge in [0.05, 0.1) is 5.75 Å². The van der Waals surface area contributed by atoms with Crippen molar-refractivity contribution in [3.05, 3.63) is 35.4 Å². The third kappa shape index (κ3) is 5.99. The van der Waals surface area contributed by atoms with Gasteiger partial charge in [0.25, 0.3) is 0 Å². The van der Waals surface area contributed by atoms with Gasteiger partial charge in [-0.2, -0.15) is 13.2 Å². The number of rotatable bonds is 5. The van der Waals surface area contributed by atoms with Crippen molar-refractivity contribution in [2.24, 2.45) is 5.73 Å². The first kappa shape index (κ1) is 15.9. The summed E-state index contributed by atoms with van der Waals surface area (Å²) >= 11 is 4.72. The normalized spacial score (nSPS) is 12.4. The van der Waals surface area contributed by atoms with Gasteiger partial charge in [-0.3, -0.25) is 0 Å². The molecule has 0 aliphatic heterocycles. The van der Waals surface area contributed by atoms with Crippen LogP contribution in [0, 0.1) is 0 Å². The van der Waals surface area contributed by atoms with Crippen LogP contribution in [0.3, 0.4) is 0 Å². The summed E-state index contributed by atoms with van der Waals surface area (Å²) in [5.74, 6) is -0.541. The summed E-state index contributed by atoms with van der Waals surface area (Å²) in [5.41, 5.74) is 6.26. The molecular formula is C10H11F3N2O2S2. The monoisotopic (exact) mass is 312 g/mol. The SMILES string of the molecule is NC(=S)c1ccc(CS(=O)(=O)NCC(F)(F)F)cc1. The molecule has 106 valence electrons. The predicted octanol–water partition coefficient (Wildman–Crippen LogP) is 1.30. The predicted molar refractivity (Wildman–Crippen MR) is 69.0 cm³/mol. The Bertz CT molecular complexity index is 553. The molecule has 0 aliphatic carbocycles. The molecule has 0 saturated heterocycles. The van der Waals surface area contributed by atoms with Gasteiger partial charge < -0.3 is 5.73 Å². The highest BCUT2D eigenvalue weighted by Gasteiger charge is 2.29. The topological polar surface area (TPSA) is 72.2 Å². The molecule has 1 aromatic carbocycles. The Balaban J connectivity index is 2.70. The maximum atomic E-state index is 11.9. The second kappa shape index (κ2) is 5.85. The third-order valence-electron chi connectivity index (χ3n) is 2.09. The summed E-state index contributed by atoms with van der Waals surface area (Å²) in [4.78, 5) is 0.157. The molecule has 0 amide bonds. The molecule has 0 aliphatic rings. The van der Waals surface area contributed by atoms with Crippen LogP contribution < -0.4 is 10.5 Å². The molecule has 0 atom stereocenters. The van der Waals surface area contributed by atoms with Gasteiger partial charge in [-0.15, -0.1) is 0 Å². The molecule has 0 aromatic heterocycles. The average Bonchev–Trinajstić information content (AvgIpc) is 2.26.